The quantitative estimate of drug-likeness (QED) is 0.544. The second kappa shape index (κ2) is 11.1. The maximum absolute atomic E-state index is 12.5. The van der Waals surface area contributed by atoms with Crippen LogP contribution in [-0.2, 0) is 19.2 Å². The van der Waals surface area contributed by atoms with Crippen LogP contribution in [0.5, 0.6) is 0 Å². The molecule has 1 saturated heterocycles. The molecule has 0 aromatic heterocycles. The van der Waals surface area contributed by atoms with Crippen LogP contribution in [0, 0.1) is 11.3 Å². The second-order valence-electron chi connectivity index (χ2n) is 8.26. The zero-order chi connectivity index (χ0) is 23.9. The Kier molecular flexibility index (Phi) is 10.3. The monoisotopic (exact) mass is 441 g/mol. The van der Waals surface area contributed by atoms with Gasteiger partial charge >= 0.3 is 18.1 Å². The third kappa shape index (κ3) is 9.90. The summed E-state index contributed by atoms with van der Waals surface area (Å²) in [5.41, 5.74) is -0.628. The zero-order valence-corrected chi connectivity index (χ0v) is 17.7. The number of carbonyl (C=O) groups is 4. The molecule has 0 spiro atoms. The van der Waals surface area contributed by atoms with Crippen LogP contribution in [0.25, 0.3) is 0 Å². The van der Waals surface area contributed by atoms with Gasteiger partial charge in [0.2, 0.25) is 11.8 Å². The summed E-state index contributed by atoms with van der Waals surface area (Å²) < 4.78 is 31.7. The van der Waals surface area contributed by atoms with Crippen molar-refractivity contribution in [1.82, 2.24) is 15.1 Å². The van der Waals surface area contributed by atoms with E-state index in [0.717, 1.165) is 0 Å². The van der Waals surface area contributed by atoms with Gasteiger partial charge in [0, 0.05) is 32.2 Å². The van der Waals surface area contributed by atoms with Gasteiger partial charge < -0.3 is 20.4 Å². The van der Waals surface area contributed by atoms with Crippen molar-refractivity contribution in [1.29, 1.82) is 0 Å². The summed E-state index contributed by atoms with van der Waals surface area (Å²) in [4.78, 5) is 48.2. The second-order valence-corrected chi connectivity index (χ2v) is 8.26. The number of piperazine rings is 1. The molecule has 1 aliphatic rings. The lowest BCUT2D eigenvalue weighted by molar-refractivity contribution is -0.192. The summed E-state index contributed by atoms with van der Waals surface area (Å²) in [5.74, 6) is -5.25. The third-order valence-electron chi connectivity index (χ3n) is 4.10. The fourth-order valence-corrected chi connectivity index (χ4v) is 2.73. The normalized spacial score (nSPS) is 16.4. The Bertz CT molecular complexity index is 624. The van der Waals surface area contributed by atoms with E-state index in [-0.39, 0.29) is 17.9 Å². The smallest absolute Gasteiger partial charge is 0.481 e. The average Bonchev–Trinajstić information content (AvgIpc) is 2.52. The van der Waals surface area contributed by atoms with Crippen LogP contribution in [-0.4, -0.2) is 88.7 Å². The van der Waals surface area contributed by atoms with Gasteiger partial charge in [-0.15, -0.1) is 0 Å². The number of carboxylic acid groups (broad SMARTS) is 2. The van der Waals surface area contributed by atoms with Crippen LogP contribution in [0.2, 0.25) is 0 Å². The molecule has 1 atom stereocenters. The van der Waals surface area contributed by atoms with Crippen LogP contribution in [0.3, 0.4) is 0 Å². The van der Waals surface area contributed by atoms with Gasteiger partial charge in [-0.3, -0.25) is 19.3 Å². The van der Waals surface area contributed by atoms with E-state index in [2.05, 4.69) is 5.32 Å². The molecule has 0 aromatic carbocycles. The summed E-state index contributed by atoms with van der Waals surface area (Å²) in [6.07, 6.45) is -5.08. The molecule has 1 rings (SSSR count). The molecule has 1 unspecified atom stereocenters. The van der Waals surface area contributed by atoms with E-state index in [1.54, 1.807) is 25.7 Å². The van der Waals surface area contributed by atoms with E-state index < -0.39 is 29.4 Å². The SMILES string of the molecule is CC(C)NC(=O)CN1CCN(C(=O)C(C(=O)O)C(C)(C)C)CC1.O=C(O)C(F)(F)F. The molecule has 174 valence electrons. The number of rotatable bonds is 5. The van der Waals surface area contributed by atoms with Crippen molar-refractivity contribution in [2.45, 2.75) is 46.8 Å². The Morgan fingerprint density at radius 3 is 1.70 bits per heavy atom. The summed E-state index contributed by atoms with van der Waals surface area (Å²) >= 11 is 0. The average molecular weight is 441 g/mol. The molecule has 2 amide bonds. The van der Waals surface area contributed by atoms with Crippen molar-refractivity contribution in [2.24, 2.45) is 11.3 Å². The highest BCUT2D eigenvalue weighted by atomic mass is 19.4. The summed E-state index contributed by atoms with van der Waals surface area (Å²) in [7, 11) is 0. The highest BCUT2D eigenvalue weighted by Crippen LogP contribution is 2.28. The van der Waals surface area contributed by atoms with Crippen molar-refractivity contribution in [3.05, 3.63) is 0 Å². The Balaban J connectivity index is 0.00000103. The molecule has 30 heavy (non-hydrogen) atoms. The highest BCUT2D eigenvalue weighted by Gasteiger charge is 2.41. The number of hydrogen-bond acceptors (Lipinski definition) is 5. The predicted octanol–water partition coefficient (Wildman–Crippen LogP) is 1.04. The van der Waals surface area contributed by atoms with Gasteiger partial charge in [-0.25, -0.2) is 4.79 Å². The standard InChI is InChI=1S/C16H29N3O4.C2HF3O2/c1-11(2)17-12(20)10-18-6-8-19(9-7-18)14(21)13(15(22)23)16(3,4)5;3-2(4,5)1(6)7/h11,13H,6-10H2,1-5H3,(H,17,20)(H,22,23);(H,6,7). The molecule has 1 aliphatic heterocycles. The van der Waals surface area contributed by atoms with E-state index in [1.807, 2.05) is 18.7 Å². The maximum Gasteiger partial charge on any atom is 0.490 e. The zero-order valence-electron chi connectivity index (χ0n) is 17.7. The van der Waals surface area contributed by atoms with E-state index in [4.69, 9.17) is 9.90 Å². The molecule has 12 heteroatoms. The number of hydrogen-bond donors (Lipinski definition) is 3. The number of carboxylic acids is 2. The topological polar surface area (TPSA) is 127 Å². The van der Waals surface area contributed by atoms with Gasteiger partial charge in [0.25, 0.3) is 0 Å². The van der Waals surface area contributed by atoms with Crippen molar-refractivity contribution >= 4 is 23.8 Å². The van der Waals surface area contributed by atoms with E-state index >= 15 is 0 Å². The summed E-state index contributed by atoms with van der Waals surface area (Å²) in [6.45, 7) is 11.5. The van der Waals surface area contributed by atoms with Crippen molar-refractivity contribution < 1.29 is 42.6 Å². The highest BCUT2D eigenvalue weighted by molar-refractivity contribution is 5.97. The molecule has 9 nitrogen and oxygen atoms in total. The Labute approximate surface area is 173 Å². The van der Waals surface area contributed by atoms with Crippen molar-refractivity contribution in [3.63, 3.8) is 0 Å². The number of alkyl halides is 3. The molecule has 1 heterocycles. The van der Waals surface area contributed by atoms with Crippen LogP contribution in [0.15, 0.2) is 0 Å². The number of carbonyl (C=O) groups excluding carboxylic acids is 2. The van der Waals surface area contributed by atoms with Crippen LogP contribution in [0.4, 0.5) is 13.2 Å². The van der Waals surface area contributed by atoms with Gasteiger partial charge in [0.05, 0.1) is 6.54 Å². The molecular weight excluding hydrogens is 411 g/mol. The number of amides is 2. The third-order valence-corrected chi connectivity index (χ3v) is 4.10. The minimum Gasteiger partial charge on any atom is -0.481 e. The Hall–Kier alpha value is -2.37. The predicted molar refractivity (Wildman–Crippen MR) is 101 cm³/mol. The maximum atomic E-state index is 12.5. The minimum absolute atomic E-state index is 0.0297. The summed E-state index contributed by atoms with van der Waals surface area (Å²) in [6, 6.07) is 0.105. The minimum atomic E-state index is -5.08. The van der Waals surface area contributed by atoms with Gasteiger partial charge in [-0.05, 0) is 19.3 Å². The molecule has 0 saturated carbocycles. The lowest BCUT2D eigenvalue weighted by atomic mass is 9.79. The largest absolute Gasteiger partial charge is 0.490 e. The molecule has 0 aliphatic carbocycles. The number of nitrogens with zero attached hydrogens (tertiary/aromatic N) is 2. The van der Waals surface area contributed by atoms with Gasteiger partial charge in [0.1, 0.15) is 5.92 Å². The van der Waals surface area contributed by atoms with Gasteiger partial charge in [-0.1, -0.05) is 20.8 Å². The lowest BCUT2D eigenvalue weighted by Crippen LogP contribution is -2.54. The van der Waals surface area contributed by atoms with Gasteiger partial charge in [0.15, 0.2) is 0 Å². The first-order valence-corrected chi connectivity index (χ1v) is 9.30. The molecule has 0 bridgehead atoms. The van der Waals surface area contributed by atoms with Crippen molar-refractivity contribution in [3.8, 4) is 0 Å². The number of halogens is 3. The Morgan fingerprint density at radius 2 is 1.40 bits per heavy atom. The van der Waals surface area contributed by atoms with E-state index in [0.29, 0.717) is 32.7 Å². The fraction of sp³-hybridized carbons (Fsp3) is 0.778. The van der Waals surface area contributed by atoms with Gasteiger partial charge in [-0.2, -0.15) is 13.2 Å². The first kappa shape index (κ1) is 27.6. The van der Waals surface area contributed by atoms with E-state index in [1.165, 1.54) is 0 Å². The van der Waals surface area contributed by atoms with Crippen LogP contribution in [0.1, 0.15) is 34.6 Å². The molecule has 1 fully saturated rings. The molecule has 3 N–H and O–H groups in total. The summed E-state index contributed by atoms with van der Waals surface area (Å²) in [5, 5.41) is 19.3. The Morgan fingerprint density at radius 1 is 0.967 bits per heavy atom. The van der Waals surface area contributed by atoms with Crippen LogP contribution >= 0.6 is 0 Å². The van der Waals surface area contributed by atoms with E-state index in [9.17, 15) is 32.7 Å². The van der Waals surface area contributed by atoms with Crippen LogP contribution < -0.4 is 5.32 Å². The first-order chi connectivity index (χ1) is 13.5. The first-order valence-electron chi connectivity index (χ1n) is 9.30. The fourth-order valence-electron chi connectivity index (χ4n) is 2.73. The number of nitrogens with one attached hydrogen (secondary N) is 1. The lowest BCUT2D eigenvalue weighted by Gasteiger charge is -2.37. The van der Waals surface area contributed by atoms with Crippen molar-refractivity contribution in [2.75, 3.05) is 32.7 Å². The molecular formula is C18H30F3N3O6. The number of aliphatic carboxylic acids is 2. The molecule has 0 radical (unpaired) electrons. The molecule has 0 aromatic rings.